The molecule has 0 radical (unpaired) electrons. The molecule has 4 heteroatoms. The summed E-state index contributed by atoms with van der Waals surface area (Å²) in [5, 5.41) is 0. The van der Waals surface area contributed by atoms with Gasteiger partial charge in [0, 0.05) is 23.0 Å². The maximum Gasteiger partial charge on any atom is 0.131 e. The molecule has 1 aromatic heterocycles. The van der Waals surface area contributed by atoms with Gasteiger partial charge < -0.3 is 10.3 Å². The predicted molar refractivity (Wildman–Crippen MR) is 74.8 cm³/mol. The molecule has 17 heavy (non-hydrogen) atoms. The van der Waals surface area contributed by atoms with Gasteiger partial charge in [0.1, 0.15) is 17.3 Å². The van der Waals surface area contributed by atoms with Crippen molar-refractivity contribution in [2.24, 2.45) is 0 Å². The highest BCUT2D eigenvalue weighted by atomic mass is 79.9. The summed E-state index contributed by atoms with van der Waals surface area (Å²) in [7, 11) is 0. The number of halogens is 1. The molecule has 3 nitrogen and oxygen atoms in total. The Bertz CT molecular complexity index is 514. The first-order chi connectivity index (χ1) is 8.17. The van der Waals surface area contributed by atoms with Gasteiger partial charge in [-0.25, -0.2) is 4.98 Å². The second-order valence-corrected chi connectivity index (χ2v) is 4.78. The Kier molecular flexibility index (Phi) is 3.52. The van der Waals surface area contributed by atoms with Crippen molar-refractivity contribution in [2.45, 2.75) is 26.8 Å². The van der Waals surface area contributed by atoms with Gasteiger partial charge in [0.05, 0.1) is 0 Å². The van der Waals surface area contributed by atoms with Crippen LogP contribution in [0, 0.1) is 0 Å². The van der Waals surface area contributed by atoms with Crippen molar-refractivity contribution < 1.29 is 0 Å². The highest BCUT2D eigenvalue weighted by Crippen LogP contribution is 2.27. The molecule has 2 rings (SSSR count). The molecule has 0 aliphatic carbocycles. The average molecular weight is 294 g/mol. The molecule has 2 aromatic rings. The molecule has 0 saturated carbocycles. The lowest BCUT2D eigenvalue weighted by molar-refractivity contribution is 0.713. The van der Waals surface area contributed by atoms with E-state index in [0.29, 0.717) is 0 Å². The molecule has 0 unspecified atom stereocenters. The van der Waals surface area contributed by atoms with E-state index in [4.69, 9.17) is 5.73 Å². The standard InChI is InChI=1S/C13H16BrN3/c1-3-11-16-12(13(15)17(11)4-2)9-5-7-10(14)8-6-9/h5-8H,3-4,15H2,1-2H3. The van der Waals surface area contributed by atoms with Crippen LogP contribution in [0.1, 0.15) is 19.7 Å². The molecule has 90 valence electrons. The summed E-state index contributed by atoms with van der Waals surface area (Å²) >= 11 is 3.43. The Hall–Kier alpha value is -1.29. The minimum atomic E-state index is 0.756. The minimum Gasteiger partial charge on any atom is -0.383 e. The zero-order valence-corrected chi connectivity index (χ0v) is 11.7. The number of nitrogens with two attached hydrogens (primary N) is 1. The maximum atomic E-state index is 6.15. The van der Waals surface area contributed by atoms with Gasteiger partial charge in [-0.1, -0.05) is 35.0 Å². The van der Waals surface area contributed by atoms with Crippen molar-refractivity contribution in [3.63, 3.8) is 0 Å². The van der Waals surface area contributed by atoms with Gasteiger partial charge in [0.25, 0.3) is 0 Å². The number of anilines is 1. The maximum absolute atomic E-state index is 6.15. The van der Waals surface area contributed by atoms with Crippen LogP contribution in [-0.4, -0.2) is 9.55 Å². The van der Waals surface area contributed by atoms with Crippen LogP contribution < -0.4 is 5.73 Å². The Morgan fingerprint density at radius 3 is 2.35 bits per heavy atom. The Morgan fingerprint density at radius 2 is 1.88 bits per heavy atom. The number of hydrogen-bond donors (Lipinski definition) is 1. The fourth-order valence-corrected chi connectivity index (χ4v) is 2.22. The van der Waals surface area contributed by atoms with E-state index in [9.17, 15) is 0 Å². The first-order valence-electron chi connectivity index (χ1n) is 5.78. The van der Waals surface area contributed by atoms with Crippen LogP contribution in [0.2, 0.25) is 0 Å². The van der Waals surface area contributed by atoms with E-state index < -0.39 is 0 Å². The van der Waals surface area contributed by atoms with Crippen LogP contribution in [0.5, 0.6) is 0 Å². The number of nitrogens with zero attached hydrogens (tertiary/aromatic N) is 2. The molecule has 0 spiro atoms. The quantitative estimate of drug-likeness (QED) is 0.942. The average Bonchev–Trinajstić information content (AvgIpc) is 2.66. The summed E-state index contributed by atoms with van der Waals surface area (Å²) < 4.78 is 3.13. The summed E-state index contributed by atoms with van der Waals surface area (Å²) in [5.41, 5.74) is 8.10. The Morgan fingerprint density at radius 1 is 1.24 bits per heavy atom. The molecule has 0 aliphatic rings. The van der Waals surface area contributed by atoms with Gasteiger partial charge in [0.15, 0.2) is 0 Å². The minimum absolute atomic E-state index is 0.756. The lowest BCUT2D eigenvalue weighted by atomic mass is 10.1. The van der Waals surface area contributed by atoms with E-state index in [-0.39, 0.29) is 0 Å². The van der Waals surface area contributed by atoms with E-state index in [2.05, 4.69) is 39.3 Å². The summed E-state index contributed by atoms with van der Waals surface area (Å²) in [6.07, 6.45) is 0.897. The van der Waals surface area contributed by atoms with Gasteiger partial charge >= 0.3 is 0 Å². The topological polar surface area (TPSA) is 43.8 Å². The third-order valence-corrected chi connectivity index (χ3v) is 3.36. The zero-order valence-electron chi connectivity index (χ0n) is 10.1. The largest absolute Gasteiger partial charge is 0.383 e. The summed E-state index contributed by atoms with van der Waals surface area (Å²) in [6, 6.07) is 8.07. The van der Waals surface area contributed by atoms with Crippen molar-refractivity contribution >= 4 is 21.7 Å². The summed E-state index contributed by atoms with van der Waals surface area (Å²) in [4.78, 5) is 4.62. The van der Waals surface area contributed by atoms with E-state index in [1.807, 2.05) is 24.3 Å². The molecule has 0 bridgehead atoms. The van der Waals surface area contributed by atoms with Crippen molar-refractivity contribution in [2.75, 3.05) is 5.73 Å². The van der Waals surface area contributed by atoms with Crippen LogP contribution in [-0.2, 0) is 13.0 Å². The third kappa shape index (κ3) is 2.22. The number of aromatic nitrogens is 2. The number of imidazole rings is 1. The van der Waals surface area contributed by atoms with Crippen LogP contribution in [0.4, 0.5) is 5.82 Å². The highest BCUT2D eigenvalue weighted by Gasteiger charge is 2.13. The molecule has 0 aliphatic heterocycles. The van der Waals surface area contributed by atoms with Crippen molar-refractivity contribution in [3.05, 3.63) is 34.6 Å². The Balaban J connectivity index is 2.52. The molecule has 1 aromatic carbocycles. The highest BCUT2D eigenvalue weighted by molar-refractivity contribution is 9.10. The number of aryl methyl sites for hydroxylation is 1. The lowest BCUT2D eigenvalue weighted by Crippen LogP contribution is -2.04. The van der Waals surface area contributed by atoms with E-state index in [1.165, 1.54) is 0 Å². The van der Waals surface area contributed by atoms with Gasteiger partial charge in [0.2, 0.25) is 0 Å². The van der Waals surface area contributed by atoms with E-state index in [0.717, 1.165) is 40.3 Å². The van der Waals surface area contributed by atoms with Crippen molar-refractivity contribution in [1.29, 1.82) is 0 Å². The zero-order chi connectivity index (χ0) is 12.4. The van der Waals surface area contributed by atoms with Gasteiger partial charge in [-0.3, -0.25) is 0 Å². The molecule has 0 saturated heterocycles. The van der Waals surface area contributed by atoms with E-state index in [1.54, 1.807) is 0 Å². The molecule has 1 heterocycles. The SMILES string of the molecule is CCc1nc(-c2ccc(Br)cc2)c(N)n1CC. The monoisotopic (exact) mass is 293 g/mol. The number of hydrogen-bond acceptors (Lipinski definition) is 2. The van der Waals surface area contributed by atoms with E-state index >= 15 is 0 Å². The lowest BCUT2D eigenvalue weighted by Gasteiger charge is -2.04. The fraction of sp³-hybridized carbons (Fsp3) is 0.308. The third-order valence-electron chi connectivity index (χ3n) is 2.84. The normalized spacial score (nSPS) is 10.8. The number of rotatable bonds is 3. The second-order valence-electron chi connectivity index (χ2n) is 3.87. The summed E-state index contributed by atoms with van der Waals surface area (Å²) in [5.74, 6) is 1.80. The van der Waals surface area contributed by atoms with Gasteiger partial charge in [-0.05, 0) is 19.1 Å². The Labute approximate surface area is 110 Å². The number of nitrogen functional groups attached to an aromatic ring is 1. The molecular formula is C13H16BrN3. The first-order valence-corrected chi connectivity index (χ1v) is 6.57. The van der Waals surface area contributed by atoms with Crippen LogP contribution >= 0.6 is 15.9 Å². The molecule has 2 N–H and O–H groups in total. The predicted octanol–water partition coefficient (Wildman–Crippen LogP) is 3.48. The fourth-order valence-electron chi connectivity index (χ4n) is 1.96. The van der Waals surface area contributed by atoms with Gasteiger partial charge in [-0.2, -0.15) is 0 Å². The molecular weight excluding hydrogens is 278 g/mol. The summed E-state index contributed by atoms with van der Waals surface area (Å²) in [6.45, 7) is 5.04. The van der Waals surface area contributed by atoms with Crippen molar-refractivity contribution in [3.8, 4) is 11.3 Å². The van der Waals surface area contributed by atoms with Crippen molar-refractivity contribution in [1.82, 2.24) is 9.55 Å². The second kappa shape index (κ2) is 4.92. The van der Waals surface area contributed by atoms with Crippen LogP contribution in [0.25, 0.3) is 11.3 Å². The smallest absolute Gasteiger partial charge is 0.131 e. The first kappa shape index (κ1) is 12.2. The van der Waals surface area contributed by atoms with Crippen LogP contribution in [0.15, 0.2) is 28.7 Å². The van der Waals surface area contributed by atoms with Crippen LogP contribution in [0.3, 0.4) is 0 Å². The molecule has 0 atom stereocenters. The number of benzene rings is 1. The van der Waals surface area contributed by atoms with Gasteiger partial charge in [-0.15, -0.1) is 0 Å². The molecule has 0 fully saturated rings. The molecule has 0 amide bonds.